The molecule has 1 aromatic rings. The monoisotopic (exact) mass is 222 g/mol. The molecule has 1 rings (SSSR count). The van der Waals surface area contributed by atoms with Crippen LogP contribution in [0.1, 0.15) is 11.1 Å². The average molecular weight is 222 g/mol. The van der Waals surface area contributed by atoms with Gasteiger partial charge in [0.25, 0.3) is 0 Å². The number of nitrogens with two attached hydrogens (primary N) is 1. The van der Waals surface area contributed by atoms with Gasteiger partial charge in [-0.15, -0.1) is 0 Å². The number of ether oxygens (including phenoxy) is 1. The highest BCUT2D eigenvalue weighted by molar-refractivity contribution is 5.91. The lowest BCUT2D eigenvalue weighted by Gasteiger charge is -2.07. The van der Waals surface area contributed by atoms with Crippen LogP contribution >= 0.6 is 0 Å². The lowest BCUT2D eigenvalue weighted by molar-refractivity contribution is -0.120. The number of carbonyl (C=O) groups is 1. The number of rotatable bonds is 5. The van der Waals surface area contributed by atoms with Crippen LogP contribution in [0.4, 0.5) is 5.69 Å². The fourth-order valence-electron chi connectivity index (χ4n) is 1.26. The van der Waals surface area contributed by atoms with Gasteiger partial charge >= 0.3 is 0 Å². The number of anilines is 1. The van der Waals surface area contributed by atoms with Crippen molar-refractivity contribution in [3.63, 3.8) is 0 Å². The summed E-state index contributed by atoms with van der Waals surface area (Å²) in [7, 11) is 0. The minimum Gasteiger partial charge on any atom is -0.370 e. The maximum Gasteiger partial charge on any atom is 0.250 e. The molecule has 0 aliphatic heterocycles. The molecular formula is C12H18N2O2. The summed E-state index contributed by atoms with van der Waals surface area (Å²) in [6, 6.07) is 5.80. The van der Waals surface area contributed by atoms with E-state index in [1.807, 2.05) is 32.0 Å². The topological polar surface area (TPSA) is 64.3 Å². The Kier molecular flexibility index (Phi) is 4.95. The summed E-state index contributed by atoms with van der Waals surface area (Å²) in [5.41, 5.74) is 8.40. The lowest BCUT2D eigenvalue weighted by atomic mass is 10.1. The fraction of sp³-hybridized carbons (Fsp3) is 0.417. The first-order valence-electron chi connectivity index (χ1n) is 5.28. The van der Waals surface area contributed by atoms with E-state index in [0.717, 1.165) is 11.3 Å². The smallest absolute Gasteiger partial charge is 0.250 e. The van der Waals surface area contributed by atoms with Crippen LogP contribution in [0.3, 0.4) is 0 Å². The van der Waals surface area contributed by atoms with Crippen LogP contribution in [0.15, 0.2) is 18.2 Å². The first kappa shape index (κ1) is 12.7. The molecule has 4 heteroatoms. The van der Waals surface area contributed by atoms with Gasteiger partial charge < -0.3 is 15.8 Å². The molecule has 0 heterocycles. The first-order valence-corrected chi connectivity index (χ1v) is 5.28. The van der Waals surface area contributed by atoms with Crippen molar-refractivity contribution in [1.29, 1.82) is 0 Å². The van der Waals surface area contributed by atoms with E-state index in [4.69, 9.17) is 10.5 Å². The SMILES string of the molecule is Cc1ccc(NC(=O)COCCN)cc1C. The molecule has 0 saturated carbocycles. The molecule has 0 bridgehead atoms. The van der Waals surface area contributed by atoms with Gasteiger partial charge in [0.2, 0.25) is 5.91 Å². The van der Waals surface area contributed by atoms with E-state index in [0.29, 0.717) is 13.2 Å². The van der Waals surface area contributed by atoms with Crippen molar-refractivity contribution >= 4 is 11.6 Å². The molecular weight excluding hydrogens is 204 g/mol. The molecule has 0 fully saturated rings. The van der Waals surface area contributed by atoms with Gasteiger partial charge in [-0.3, -0.25) is 4.79 Å². The first-order chi connectivity index (χ1) is 7.63. The predicted molar refractivity (Wildman–Crippen MR) is 64.4 cm³/mol. The second-order valence-electron chi connectivity index (χ2n) is 3.69. The highest BCUT2D eigenvalue weighted by Crippen LogP contribution is 2.13. The van der Waals surface area contributed by atoms with Crippen LogP contribution in [0.5, 0.6) is 0 Å². The molecule has 0 atom stereocenters. The number of carbonyl (C=O) groups excluding carboxylic acids is 1. The molecule has 0 unspecified atom stereocenters. The van der Waals surface area contributed by atoms with Crippen LogP contribution in [0, 0.1) is 13.8 Å². The van der Waals surface area contributed by atoms with Crippen molar-refractivity contribution in [1.82, 2.24) is 0 Å². The second kappa shape index (κ2) is 6.25. The maximum atomic E-state index is 11.4. The zero-order chi connectivity index (χ0) is 12.0. The van der Waals surface area contributed by atoms with Crippen molar-refractivity contribution in [3.05, 3.63) is 29.3 Å². The maximum absolute atomic E-state index is 11.4. The molecule has 0 aliphatic carbocycles. The summed E-state index contributed by atoms with van der Waals surface area (Å²) >= 11 is 0. The molecule has 0 spiro atoms. The average Bonchev–Trinajstić information content (AvgIpc) is 2.24. The van der Waals surface area contributed by atoms with Crippen LogP contribution in [-0.4, -0.2) is 25.7 Å². The Morgan fingerprint density at radius 2 is 2.12 bits per heavy atom. The molecule has 0 saturated heterocycles. The quantitative estimate of drug-likeness (QED) is 0.736. The van der Waals surface area contributed by atoms with Gasteiger partial charge in [0.15, 0.2) is 0 Å². The van der Waals surface area contributed by atoms with Crippen molar-refractivity contribution in [2.45, 2.75) is 13.8 Å². The third-order valence-electron chi connectivity index (χ3n) is 2.29. The van der Waals surface area contributed by atoms with Crippen molar-refractivity contribution in [2.75, 3.05) is 25.1 Å². The normalized spacial score (nSPS) is 10.2. The minimum atomic E-state index is -0.156. The largest absolute Gasteiger partial charge is 0.370 e. The summed E-state index contributed by atoms with van der Waals surface area (Å²) < 4.78 is 5.03. The zero-order valence-corrected chi connectivity index (χ0v) is 9.75. The Balaban J connectivity index is 2.46. The Hall–Kier alpha value is -1.39. The molecule has 3 N–H and O–H groups in total. The summed E-state index contributed by atoms with van der Waals surface area (Å²) in [5.74, 6) is -0.156. The molecule has 88 valence electrons. The molecule has 4 nitrogen and oxygen atoms in total. The Labute approximate surface area is 95.8 Å². The molecule has 0 radical (unpaired) electrons. The number of benzene rings is 1. The van der Waals surface area contributed by atoms with Crippen molar-refractivity contribution < 1.29 is 9.53 Å². The van der Waals surface area contributed by atoms with Crippen LogP contribution in [0.2, 0.25) is 0 Å². The standard InChI is InChI=1S/C12H18N2O2/c1-9-3-4-11(7-10(9)2)14-12(15)8-16-6-5-13/h3-4,7H,5-6,8,13H2,1-2H3,(H,14,15). The predicted octanol–water partition coefficient (Wildman–Crippen LogP) is 1.22. The third kappa shape index (κ3) is 4.00. The second-order valence-corrected chi connectivity index (χ2v) is 3.69. The van der Waals surface area contributed by atoms with Crippen LogP contribution in [-0.2, 0) is 9.53 Å². The lowest BCUT2D eigenvalue weighted by Crippen LogP contribution is -2.20. The highest BCUT2D eigenvalue weighted by Gasteiger charge is 2.02. The van der Waals surface area contributed by atoms with Gasteiger partial charge in [0, 0.05) is 12.2 Å². The van der Waals surface area contributed by atoms with Crippen LogP contribution in [0.25, 0.3) is 0 Å². The van der Waals surface area contributed by atoms with E-state index < -0.39 is 0 Å². The summed E-state index contributed by atoms with van der Waals surface area (Å²) in [5, 5.41) is 2.76. The van der Waals surface area contributed by atoms with E-state index in [1.54, 1.807) is 0 Å². The Bertz CT molecular complexity index is 364. The number of hydrogen-bond acceptors (Lipinski definition) is 3. The molecule has 1 aromatic carbocycles. The van der Waals surface area contributed by atoms with E-state index in [1.165, 1.54) is 5.56 Å². The van der Waals surface area contributed by atoms with Gasteiger partial charge in [-0.25, -0.2) is 0 Å². The Morgan fingerprint density at radius 1 is 1.38 bits per heavy atom. The number of amides is 1. The number of aryl methyl sites for hydroxylation is 2. The van der Waals surface area contributed by atoms with Gasteiger partial charge in [-0.05, 0) is 37.1 Å². The summed E-state index contributed by atoms with van der Waals surface area (Å²) in [4.78, 5) is 11.4. The van der Waals surface area contributed by atoms with Gasteiger partial charge in [-0.2, -0.15) is 0 Å². The van der Waals surface area contributed by atoms with Gasteiger partial charge in [-0.1, -0.05) is 6.07 Å². The molecule has 1 amide bonds. The molecule has 0 aliphatic rings. The van der Waals surface area contributed by atoms with Gasteiger partial charge in [0.1, 0.15) is 6.61 Å². The fourth-order valence-corrected chi connectivity index (χ4v) is 1.26. The Morgan fingerprint density at radius 3 is 2.75 bits per heavy atom. The third-order valence-corrected chi connectivity index (χ3v) is 2.29. The van der Waals surface area contributed by atoms with E-state index in [-0.39, 0.29) is 12.5 Å². The molecule has 16 heavy (non-hydrogen) atoms. The van der Waals surface area contributed by atoms with E-state index >= 15 is 0 Å². The summed E-state index contributed by atoms with van der Waals surface area (Å²) in [6.07, 6.45) is 0. The highest BCUT2D eigenvalue weighted by atomic mass is 16.5. The zero-order valence-electron chi connectivity index (χ0n) is 9.75. The number of nitrogens with one attached hydrogen (secondary N) is 1. The van der Waals surface area contributed by atoms with Crippen molar-refractivity contribution in [2.24, 2.45) is 5.73 Å². The van der Waals surface area contributed by atoms with Crippen LogP contribution < -0.4 is 11.1 Å². The number of hydrogen-bond donors (Lipinski definition) is 2. The van der Waals surface area contributed by atoms with Crippen molar-refractivity contribution in [3.8, 4) is 0 Å². The summed E-state index contributed by atoms with van der Waals surface area (Å²) in [6.45, 7) is 4.92. The van der Waals surface area contributed by atoms with E-state index in [2.05, 4.69) is 5.32 Å². The minimum absolute atomic E-state index is 0.0458. The van der Waals surface area contributed by atoms with Gasteiger partial charge in [0.05, 0.1) is 6.61 Å². The van der Waals surface area contributed by atoms with E-state index in [9.17, 15) is 4.79 Å². The molecule has 0 aromatic heterocycles.